The minimum Gasteiger partial charge on any atom is -0.493 e. The standard InChI is InChI=1S/C25H29FN2O3/c1-18-9-13-28(14-10-18)12-5-15-30-25-17-21-19(16-24(25)29-2)22(8-11-27-21)31-23-7-4-3-6-20(23)26/h3-4,6-8,11,16-18H,5,9-10,12-15H2,1-2H3. The van der Waals surface area contributed by atoms with E-state index in [9.17, 15) is 4.39 Å². The van der Waals surface area contributed by atoms with E-state index < -0.39 is 5.82 Å². The number of hydrogen-bond acceptors (Lipinski definition) is 5. The van der Waals surface area contributed by atoms with Crippen LogP contribution in [0.1, 0.15) is 26.2 Å². The van der Waals surface area contributed by atoms with Gasteiger partial charge in [0.1, 0.15) is 5.75 Å². The van der Waals surface area contributed by atoms with Gasteiger partial charge in [0.25, 0.3) is 0 Å². The van der Waals surface area contributed by atoms with E-state index in [1.165, 1.54) is 32.0 Å². The predicted octanol–water partition coefficient (Wildman–Crippen LogP) is 5.68. The van der Waals surface area contributed by atoms with E-state index in [1.54, 1.807) is 37.6 Å². The zero-order chi connectivity index (χ0) is 21.6. The minimum absolute atomic E-state index is 0.168. The largest absolute Gasteiger partial charge is 0.493 e. The van der Waals surface area contributed by atoms with Crippen molar-refractivity contribution in [3.05, 3.63) is 54.5 Å². The lowest BCUT2D eigenvalue weighted by Crippen LogP contribution is -2.34. The molecule has 0 atom stereocenters. The van der Waals surface area contributed by atoms with Gasteiger partial charge in [-0.25, -0.2) is 4.39 Å². The number of methoxy groups -OCH3 is 1. The van der Waals surface area contributed by atoms with Crippen molar-refractivity contribution < 1.29 is 18.6 Å². The second-order valence-electron chi connectivity index (χ2n) is 8.09. The molecule has 5 nitrogen and oxygen atoms in total. The Morgan fingerprint density at radius 1 is 1.03 bits per heavy atom. The van der Waals surface area contributed by atoms with Crippen LogP contribution >= 0.6 is 0 Å². The Hall–Kier alpha value is -2.86. The molecule has 1 aliphatic heterocycles. The highest BCUT2D eigenvalue weighted by Gasteiger charge is 2.16. The van der Waals surface area contributed by atoms with E-state index in [1.807, 2.05) is 12.1 Å². The summed E-state index contributed by atoms with van der Waals surface area (Å²) >= 11 is 0. The highest BCUT2D eigenvalue weighted by molar-refractivity contribution is 5.88. The zero-order valence-corrected chi connectivity index (χ0v) is 18.1. The van der Waals surface area contributed by atoms with Gasteiger partial charge < -0.3 is 19.1 Å². The molecule has 1 fully saturated rings. The number of fused-ring (bicyclic) bond motifs is 1. The first-order chi connectivity index (χ1) is 15.1. The number of rotatable bonds is 8. The Kier molecular flexibility index (Phi) is 6.87. The number of piperidine rings is 1. The molecule has 3 aromatic rings. The normalized spacial score (nSPS) is 15.2. The molecule has 0 unspecified atom stereocenters. The Balaban J connectivity index is 1.45. The van der Waals surface area contributed by atoms with Crippen LogP contribution in [0.25, 0.3) is 10.9 Å². The third-order valence-electron chi connectivity index (χ3n) is 5.80. The fourth-order valence-electron chi connectivity index (χ4n) is 3.89. The fourth-order valence-corrected chi connectivity index (χ4v) is 3.89. The summed E-state index contributed by atoms with van der Waals surface area (Å²) in [6, 6.07) is 11.7. The maximum absolute atomic E-state index is 14.0. The van der Waals surface area contributed by atoms with E-state index >= 15 is 0 Å². The molecule has 2 heterocycles. The number of ether oxygens (including phenoxy) is 3. The van der Waals surface area contributed by atoms with Gasteiger partial charge in [-0.15, -0.1) is 0 Å². The summed E-state index contributed by atoms with van der Waals surface area (Å²) in [6.07, 6.45) is 5.16. The van der Waals surface area contributed by atoms with Crippen LogP contribution in [-0.2, 0) is 0 Å². The van der Waals surface area contributed by atoms with E-state index in [2.05, 4.69) is 16.8 Å². The monoisotopic (exact) mass is 424 g/mol. The van der Waals surface area contributed by atoms with Crippen molar-refractivity contribution >= 4 is 10.9 Å². The summed E-state index contributed by atoms with van der Waals surface area (Å²) in [5, 5.41) is 0.734. The summed E-state index contributed by atoms with van der Waals surface area (Å²) in [5.74, 6) is 2.36. The van der Waals surface area contributed by atoms with Crippen LogP contribution in [0.3, 0.4) is 0 Å². The van der Waals surface area contributed by atoms with E-state index in [-0.39, 0.29) is 5.75 Å². The van der Waals surface area contributed by atoms with Gasteiger partial charge in [-0.1, -0.05) is 19.1 Å². The lowest BCUT2D eigenvalue weighted by Gasteiger charge is -2.30. The molecule has 0 radical (unpaired) electrons. The van der Waals surface area contributed by atoms with Crippen LogP contribution in [-0.4, -0.2) is 43.2 Å². The lowest BCUT2D eigenvalue weighted by molar-refractivity contribution is 0.176. The first-order valence-corrected chi connectivity index (χ1v) is 10.9. The number of likely N-dealkylation sites (tertiary alicyclic amines) is 1. The lowest BCUT2D eigenvalue weighted by atomic mass is 9.99. The highest BCUT2D eigenvalue weighted by Crippen LogP contribution is 2.37. The number of nitrogens with zero attached hydrogens (tertiary/aromatic N) is 2. The second kappa shape index (κ2) is 9.96. The highest BCUT2D eigenvalue weighted by atomic mass is 19.1. The van der Waals surface area contributed by atoms with Crippen LogP contribution in [0.2, 0.25) is 0 Å². The summed E-state index contributed by atoms with van der Waals surface area (Å²) in [6.45, 7) is 6.33. The number of benzene rings is 2. The van der Waals surface area contributed by atoms with Crippen molar-refractivity contribution in [2.75, 3.05) is 33.4 Å². The SMILES string of the molecule is COc1cc2c(Oc3ccccc3F)ccnc2cc1OCCCN1CCC(C)CC1. The van der Waals surface area contributed by atoms with Crippen LogP contribution < -0.4 is 14.2 Å². The zero-order valence-electron chi connectivity index (χ0n) is 18.1. The summed E-state index contributed by atoms with van der Waals surface area (Å²) in [4.78, 5) is 6.94. The van der Waals surface area contributed by atoms with Crippen LogP contribution in [0.4, 0.5) is 4.39 Å². The Morgan fingerprint density at radius 3 is 2.61 bits per heavy atom. The molecule has 31 heavy (non-hydrogen) atoms. The molecule has 0 N–H and O–H groups in total. The van der Waals surface area contributed by atoms with Crippen molar-refractivity contribution in [3.8, 4) is 23.0 Å². The molecule has 4 rings (SSSR count). The van der Waals surface area contributed by atoms with Crippen molar-refractivity contribution in [2.24, 2.45) is 5.92 Å². The quantitative estimate of drug-likeness (QED) is 0.436. The van der Waals surface area contributed by atoms with E-state index in [0.29, 0.717) is 29.4 Å². The van der Waals surface area contributed by atoms with Crippen LogP contribution in [0.15, 0.2) is 48.7 Å². The minimum atomic E-state index is -0.414. The van der Waals surface area contributed by atoms with Crippen molar-refractivity contribution in [1.29, 1.82) is 0 Å². The summed E-state index contributed by atoms with van der Waals surface area (Å²) in [7, 11) is 1.61. The maximum atomic E-state index is 14.0. The molecule has 0 spiro atoms. The van der Waals surface area contributed by atoms with Gasteiger partial charge in [0.05, 0.1) is 19.2 Å². The smallest absolute Gasteiger partial charge is 0.165 e. The first kappa shape index (κ1) is 21.4. The van der Waals surface area contributed by atoms with Gasteiger partial charge in [0, 0.05) is 24.2 Å². The second-order valence-corrected chi connectivity index (χ2v) is 8.09. The maximum Gasteiger partial charge on any atom is 0.165 e. The third kappa shape index (κ3) is 5.25. The van der Waals surface area contributed by atoms with Gasteiger partial charge >= 0.3 is 0 Å². The summed E-state index contributed by atoms with van der Waals surface area (Å²) in [5.41, 5.74) is 0.703. The van der Waals surface area contributed by atoms with Crippen molar-refractivity contribution in [3.63, 3.8) is 0 Å². The molecule has 1 saturated heterocycles. The number of halogens is 1. The average Bonchev–Trinajstić information content (AvgIpc) is 2.79. The molecule has 0 saturated carbocycles. The van der Waals surface area contributed by atoms with Gasteiger partial charge in [-0.2, -0.15) is 0 Å². The average molecular weight is 425 g/mol. The first-order valence-electron chi connectivity index (χ1n) is 10.9. The predicted molar refractivity (Wildman–Crippen MR) is 120 cm³/mol. The molecular weight excluding hydrogens is 395 g/mol. The molecule has 0 amide bonds. The Labute approximate surface area is 182 Å². The van der Waals surface area contributed by atoms with E-state index in [4.69, 9.17) is 14.2 Å². The Bertz CT molecular complexity index is 1020. The number of hydrogen-bond donors (Lipinski definition) is 0. The van der Waals surface area contributed by atoms with Gasteiger partial charge in [-0.3, -0.25) is 4.98 Å². The van der Waals surface area contributed by atoms with E-state index in [0.717, 1.165) is 24.3 Å². The third-order valence-corrected chi connectivity index (χ3v) is 5.80. The molecule has 2 aromatic carbocycles. The molecular formula is C25H29FN2O3. The summed E-state index contributed by atoms with van der Waals surface area (Å²) < 4.78 is 31.4. The van der Waals surface area contributed by atoms with Gasteiger partial charge in [-0.05, 0) is 62.5 Å². The van der Waals surface area contributed by atoms with Crippen LogP contribution in [0.5, 0.6) is 23.0 Å². The van der Waals surface area contributed by atoms with Crippen molar-refractivity contribution in [1.82, 2.24) is 9.88 Å². The number of aromatic nitrogens is 1. The van der Waals surface area contributed by atoms with Crippen LogP contribution in [0, 0.1) is 11.7 Å². The number of para-hydroxylation sites is 1. The molecule has 6 heteroatoms. The molecule has 0 aliphatic carbocycles. The topological polar surface area (TPSA) is 43.8 Å². The molecule has 164 valence electrons. The number of pyridine rings is 1. The van der Waals surface area contributed by atoms with Gasteiger partial charge in [0.2, 0.25) is 0 Å². The molecule has 1 aromatic heterocycles. The molecule has 0 bridgehead atoms. The van der Waals surface area contributed by atoms with Crippen molar-refractivity contribution in [2.45, 2.75) is 26.2 Å². The van der Waals surface area contributed by atoms with Gasteiger partial charge in [0.15, 0.2) is 23.1 Å². The molecule has 1 aliphatic rings. The Morgan fingerprint density at radius 2 is 1.84 bits per heavy atom. The fraction of sp³-hybridized carbons (Fsp3) is 0.400.